The number of nitrogens with one attached hydrogen (secondary N) is 2. The number of anilines is 3. The third kappa shape index (κ3) is 5.37. The third-order valence-corrected chi connectivity index (χ3v) is 6.07. The van der Waals surface area contributed by atoms with Gasteiger partial charge in [-0.1, -0.05) is 18.2 Å². The molecule has 2 aromatic heterocycles. The lowest BCUT2D eigenvalue weighted by Gasteiger charge is -2.22. The number of hydrogen-bond donors (Lipinski definition) is 2. The summed E-state index contributed by atoms with van der Waals surface area (Å²) in [6.45, 7) is 2.79. The molecule has 0 fully saturated rings. The zero-order valence-electron chi connectivity index (χ0n) is 21.0. The van der Waals surface area contributed by atoms with Gasteiger partial charge < -0.3 is 20.1 Å². The topological polar surface area (TPSA) is 103 Å². The van der Waals surface area contributed by atoms with E-state index in [-0.39, 0.29) is 28.6 Å². The van der Waals surface area contributed by atoms with Crippen LogP contribution in [-0.4, -0.2) is 59.0 Å². The number of rotatable bonds is 8. The molecule has 2 N–H and O–H groups in total. The van der Waals surface area contributed by atoms with Crippen LogP contribution < -0.4 is 10.2 Å². The van der Waals surface area contributed by atoms with Crippen LogP contribution in [0.4, 0.5) is 40.6 Å². The minimum Gasteiger partial charge on any atom is -0.368 e. The number of alkyl halides is 3. The molecule has 0 radical (unpaired) electrons. The summed E-state index contributed by atoms with van der Waals surface area (Å²) in [7, 11) is 5.28. The molecule has 4 aromatic rings. The average molecular weight is 532 g/mol. The van der Waals surface area contributed by atoms with E-state index in [2.05, 4.69) is 20.3 Å². The highest BCUT2D eigenvalue weighted by atomic mass is 19.4. The Morgan fingerprint density at radius 2 is 1.89 bits per heavy atom. The highest BCUT2D eigenvalue weighted by molar-refractivity contribution is 5.97. The van der Waals surface area contributed by atoms with E-state index in [4.69, 9.17) is 0 Å². The van der Waals surface area contributed by atoms with E-state index in [0.717, 1.165) is 17.7 Å². The number of halogens is 4. The number of H-pyrrole nitrogens is 1. The second kappa shape index (κ2) is 10.2. The standard InChI is InChI=1S/C25H25F4N7O2/c1-14-6-5-7-15-16(12-30-22(14)15)23-17(25(27,28)29)13-31-24(33-23)32-19-11-21(36(37)38)20(10-18(19)26)35(4)9-8-34(2)3/h5-7,10-13,30H,8-9H2,1-4H3,(H,31,32,33). The average Bonchev–Trinajstić information content (AvgIpc) is 3.28. The van der Waals surface area contributed by atoms with Crippen molar-refractivity contribution in [2.45, 2.75) is 13.1 Å². The van der Waals surface area contributed by atoms with Crippen molar-refractivity contribution in [3.63, 3.8) is 0 Å². The van der Waals surface area contributed by atoms with E-state index in [1.807, 2.05) is 32.0 Å². The molecule has 2 aromatic carbocycles. The molecular formula is C25H25F4N7O2. The molecule has 0 aliphatic rings. The molecule has 0 bridgehead atoms. The Bertz CT molecular complexity index is 1500. The second-order valence-electron chi connectivity index (χ2n) is 9.08. The van der Waals surface area contributed by atoms with Crippen LogP contribution in [0.3, 0.4) is 0 Å². The van der Waals surface area contributed by atoms with Crippen LogP contribution in [0.5, 0.6) is 0 Å². The zero-order chi connectivity index (χ0) is 27.8. The van der Waals surface area contributed by atoms with Crippen molar-refractivity contribution >= 4 is 33.9 Å². The molecule has 0 saturated carbocycles. The predicted octanol–water partition coefficient (Wildman–Crippen LogP) is 5.74. The summed E-state index contributed by atoms with van der Waals surface area (Å²) in [6.07, 6.45) is -2.73. The first-order chi connectivity index (χ1) is 17.9. The fraction of sp³-hybridized carbons (Fsp3) is 0.280. The second-order valence-corrected chi connectivity index (χ2v) is 9.08. The summed E-state index contributed by atoms with van der Waals surface area (Å²) in [4.78, 5) is 25.3. The number of likely N-dealkylation sites (N-methyl/N-ethyl adjacent to an activating group) is 2. The first kappa shape index (κ1) is 26.8. The van der Waals surface area contributed by atoms with Crippen molar-refractivity contribution in [3.05, 3.63) is 69.8 Å². The van der Waals surface area contributed by atoms with Crippen LogP contribution in [-0.2, 0) is 6.18 Å². The molecule has 0 aliphatic heterocycles. The number of nitrogens with zero attached hydrogens (tertiary/aromatic N) is 5. The van der Waals surface area contributed by atoms with E-state index in [1.54, 1.807) is 24.1 Å². The fourth-order valence-electron chi connectivity index (χ4n) is 4.05. The molecule has 0 unspecified atom stereocenters. The smallest absolute Gasteiger partial charge is 0.368 e. The number of hydrogen-bond acceptors (Lipinski definition) is 7. The quantitative estimate of drug-likeness (QED) is 0.170. The molecule has 0 spiro atoms. The Balaban J connectivity index is 1.77. The van der Waals surface area contributed by atoms with Gasteiger partial charge in [0.25, 0.3) is 5.69 Å². The van der Waals surface area contributed by atoms with Crippen LogP contribution in [0, 0.1) is 22.9 Å². The largest absolute Gasteiger partial charge is 0.419 e. The van der Waals surface area contributed by atoms with Gasteiger partial charge in [-0.3, -0.25) is 10.1 Å². The van der Waals surface area contributed by atoms with Gasteiger partial charge in [0.05, 0.1) is 16.3 Å². The Morgan fingerprint density at radius 3 is 2.55 bits per heavy atom. The highest BCUT2D eigenvalue weighted by Crippen LogP contribution is 2.40. The van der Waals surface area contributed by atoms with E-state index < -0.39 is 28.2 Å². The van der Waals surface area contributed by atoms with Gasteiger partial charge in [0.15, 0.2) is 0 Å². The van der Waals surface area contributed by atoms with E-state index in [1.165, 1.54) is 6.20 Å². The Kier molecular flexibility index (Phi) is 7.22. The Labute approximate surface area is 215 Å². The summed E-state index contributed by atoms with van der Waals surface area (Å²) >= 11 is 0. The lowest BCUT2D eigenvalue weighted by atomic mass is 10.0. The minimum absolute atomic E-state index is 0.0584. The summed E-state index contributed by atoms with van der Waals surface area (Å²) < 4.78 is 56.7. The van der Waals surface area contributed by atoms with E-state index in [0.29, 0.717) is 30.2 Å². The van der Waals surface area contributed by atoms with Gasteiger partial charge >= 0.3 is 6.18 Å². The summed E-state index contributed by atoms with van der Waals surface area (Å²) in [6, 6.07) is 7.18. The molecule has 0 aliphatic carbocycles. The number of benzene rings is 2. The fourth-order valence-corrected chi connectivity index (χ4v) is 4.05. The Morgan fingerprint density at radius 1 is 1.16 bits per heavy atom. The molecular weight excluding hydrogens is 506 g/mol. The molecule has 2 heterocycles. The number of aromatic nitrogens is 3. The highest BCUT2D eigenvalue weighted by Gasteiger charge is 2.36. The van der Waals surface area contributed by atoms with Crippen LogP contribution in [0.15, 0.2) is 42.7 Å². The molecule has 4 rings (SSSR count). The Hall–Kier alpha value is -4.26. The first-order valence-corrected chi connectivity index (χ1v) is 11.5. The van der Waals surface area contributed by atoms with Crippen molar-refractivity contribution in [2.24, 2.45) is 0 Å². The number of nitro benzene ring substituents is 1. The van der Waals surface area contributed by atoms with Gasteiger partial charge in [0.2, 0.25) is 5.95 Å². The van der Waals surface area contributed by atoms with Crippen molar-refractivity contribution in [1.82, 2.24) is 19.9 Å². The van der Waals surface area contributed by atoms with Crippen molar-refractivity contribution in [1.29, 1.82) is 0 Å². The van der Waals surface area contributed by atoms with Crippen LogP contribution in [0.1, 0.15) is 11.1 Å². The van der Waals surface area contributed by atoms with Gasteiger partial charge in [-0.25, -0.2) is 14.4 Å². The summed E-state index contributed by atoms with van der Waals surface area (Å²) in [5.41, 5.74) is -0.485. The molecule has 0 atom stereocenters. The molecule has 9 nitrogen and oxygen atoms in total. The maximum Gasteiger partial charge on any atom is 0.419 e. The van der Waals surface area contributed by atoms with Gasteiger partial charge in [-0.05, 0) is 26.6 Å². The van der Waals surface area contributed by atoms with Crippen LogP contribution >= 0.6 is 0 Å². The number of nitro groups is 1. The summed E-state index contributed by atoms with van der Waals surface area (Å²) in [5.74, 6) is -1.20. The van der Waals surface area contributed by atoms with Gasteiger partial charge in [-0.15, -0.1) is 0 Å². The number of aryl methyl sites for hydroxylation is 1. The van der Waals surface area contributed by atoms with Crippen molar-refractivity contribution < 1.29 is 22.5 Å². The monoisotopic (exact) mass is 531 g/mol. The summed E-state index contributed by atoms with van der Waals surface area (Å²) in [5, 5.41) is 14.8. The first-order valence-electron chi connectivity index (χ1n) is 11.5. The maximum absolute atomic E-state index is 15.1. The number of fused-ring (bicyclic) bond motifs is 1. The van der Waals surface area contributed by atoms with Crippen molar-refractivity contribution in [2.75, 3.05) is 44.4 Å². The molecule has 0 amide bonds. The minimum atomic E-state index is -4.76. The van der Waals surface area contributed by atoms with Crippen molar-refractivity contribution in [3.8, 4) is 11.3 Å². The van der Waals surface area contributed by atoms with Crippen LogP contribution in [0.25, 0.3) is 22.2 Å². The number of para-hydroxylation sites is 1. The maximum atomic E-state index is 15.1. The lowest BCUT2D eigenvalue weighted by molar-refractivity contribution is -0.384. The van der Waals surface area contributed by atoms with E-state index in [9.17, 15) is 23.3 Å². The van der Waals surface area contributed by atoms with Gasteiger partial charge in [-0.2, -0.15) is 13.2 Å². The lowest BCUT2D eigenvalue weighted by Crippen LogP contribution is -2.29. The number of aromatic amines is 1. The molecule has 38 heavy (non-hydrogen) atoms. The molecule has 200 valence electrons. The molecule has 13 heteroatoms. The normalized spacial score (nSPS) is 11.8. The van der Waals surface area contributed by atoms with Crippen LogP contribution in [0.2, 0.25) is 0 Å². The SMILES string of the molecule is Cc1cccc2c(-c3nc(Nc4cc([N+](=O)[O-])c(N(C)CCN(C)C)cc4F)ncc3C(F)(F)F)c[nH]c12. The zero-order valence-corrected chi connectivity index (χ0v) is 21.0. The van der Waals surface area contributed by atoms with Gasteiger partial charge in [0.1, 0.15) is 17.1 Å². The molecule has 0 saturated heterocycles. The predicted molar refractivity (Wildman–Crippen MR) is 137 cm³/mol. The van der Waals surface area contributed by atoms with Gasteiger partial charge in [0, 0.05) is 61.1 Å². The third-order valence-electron chi connectivity index (χ3n) is 6.07. The van der Waals surface area contributed by atoms with E-state index >= 15 is 4.39 Å².